The summed E-state index contributed by atoms with van der Waals surface area (Å²) in [7, 11) is 0. The predicted octanol–water partition coefficient (Wildman–Crippen LogP) is 0.639. The maximum atomic E-state index is 11.3. The Morgan fingerprint density at radius 1 is 1.67 bits per heavy atom. The zero-order valence-electron chi connectivity index (χ0n) is 6.95. The summed E-state index contributed by atoms with van der Waals surface area (Å²) in [5, 5.41) is 0.298. The lowest BCUT2D eigenvalue weighted by atomic mass is 10.2. The van der Waals surface area contributed by atoms with E-state index < -0.39 is 0 Å². The van der Waals surface area contributed by atoms with Gasteiger partial charge in [0.15, 0.2) is 5.78 Å². The van der Waals surface area contributed by atoms with Crippen molar-refractivity contribution in [2.24, 2.45) is 0 Å². The zero-order valence-corrected chi connectivity index (χ0v) is 7.76. The highest BCUT2D eigenvalue weighted by molar-refractivity contribution is 8.00. The van der Waals surface area contributed by atoms with Gasteiger partial charge in [0.05, 0.1) is 5.37 Å². The number of nitrogens with zero attached hydrogens (tertiary/aromatic N) is 1. The highest BCUT2D eigenvalue weighted by atomic mass is 32.2. The summed E-state index contributed by atoms with van der Waals surface area (Å²) >= 11 is 1.74. The van der Waals surface area contributed by atoms with Crippen LogP contribution < -0.4 is 0 Å². The number of carbonyl (C=O) groups is 2. The predicted molar refractivity (Wildman–Crippen MR) is 46.8 cm³/mol. The molecule has 0 aromatic heterocycles. The zero-order chi connectivity index (χ0) is 8.72. The third-order valence-corrected chi connectivity index (χ3v) is 3.81. The number of carbonyl (C=O) groups excluding carboxylic acids is 2. The first-order chi connectivity index (χ1) is 5.70. The molecule has 0 aromatic rings. The molecular weight excluding hydrogens is 174 g/mol. The van der Waals surface area contributed by atoms with E-state index in [1.807, 2.05) is 0 Å². The fourth-order valence-corrected chi connectivity index (χ4v) is 3.32. The summed E-state index contributed by atoms with van der Waals surface area (Å²) in [6.45, 7) is 1.57. The van der Waals surface area contributed by atoms with E-state index in [1.54, 1.807) is 23.6 Å². The smallest absolute Gasteiger partial charge is 0.224 e. The van der Waals surface area contributed by atoms with E-state index in [2.05, 4.69) is 0 Å². The molecule has 1 unspecified atom stereocenters. The van der Waals surface area contributed by atoms with Gasteiger partial charge in [-0.05, 0) is 13.3 Å². The molecule has 2 heterocycles. The van der Waals surface area contributed by atoms with Crippen LogP contribution in [0.4, 0.5) is 0 Å². The van der Waals surface area contributed by atoms with Crippen molar-refractivity contribution in [1.82, 2.24) is 4.90 Å². The lowest BCUT2D eigenvalue weighted by Crippen LogP contribution is -2.40. The van der Waals surface area contributed by atoms with Crippen molar-refractivity contribution in [2.45, 2.75) is 31.2 Å². The molecular formula is C8H11NO2S. The first-order valence-electron chi connectivity index (χ1n) is 4.13. The molecule has 2 rings (SSSR count). The largest absolute Gasteiger partial charge is 0.320 e. The monoisotopic (exact) mass is 185 g/mol. The van der Waals surface area contributed by atoms with E-state index in [-0.39, 0.29) is 17.7 Å². The molecule has 0 N–H and O–H groups in total. The van der Waals surface area contributed by atoms with Gasteiger partial charge in [-0.3, -0.25) is 9.59 Å². The first kappa shape index (κ1) is 8.10. The molecule has 3 nitrogen and oxygen atoms in total. The van der Waals surface area contributed by atoms with Crippen molar-refractivity contribution in [2.75, 3.05) is 5.75 Å². The van der Waals surface area contributed by atoms with Gasteiger partial charge in [-0.15, -0.1) is 11.8 Å². The molecule has 2 aliphatic heterocycles. The number of hydrogen-bond donors (Lipinski definition) is 0. The molecule has 0 radical (unpaired) electrons. The molecule has 4 heteroatoms. The fraction of sp³-hybridized carbons (Fsp3) is 0.750. The van der Waals surface area contributed by atoms with Gasteiger partial charge in [0.1, 0.15) is 6.04 Å². The standard InChI is InChI=1S/C8H11NO2S/c1-5(10)6-4-12-8-3-2-7(11)9(6)8/h6,8H,2-4H2,1H3/t6?,8-/m0/s1. The minimum absolute atomic E-state index is 0.125. The van der Waals surface area contributed by atoms with Gasteiger partial charge >= 0.3 is 0 Å². The number of Topliss-reactive ketones (excluding diaryl/α,β-unsaturated/α-hetero) is 1. The number of hydrogen-bond acceptors (Lipinski definition) is 3. The van der Waals surface area contributed by atoms with Gasteiger partial charge in [0, 0.05) is 12.2 Å². The van der Waals surface area contributed by atoms with Gasteiger partial charge in [0.2, 0.25) is 5.91 Å². The van der Waals surface area contributed by atoms with E-state index in [9.17, 15) is 9.59 Å². The third kappa shape index (κ3) is 1.05. The molecule has 2 atom stereocenters. The van der Waals surface area contributed by atoms with Crippen LogP contribution in [-0.4, -0.2) is 33.8 Å². The Morgan fingerprint density at radius 3 is 3.08 bits per heavy atom. The van der Waals surface area contributed by atoms with E-state index in [4.69, 9.17) is 0 Å². The van der Waals surface area contributed by atoms with E-state index in [0.29, 0.717) is 11.8 Å². The minimum atomic E-state index is -0.130. The molecule has 0 spiro atoms. The van der Waals surface area contributed by atoms with Crippen LogP contribution in [0.25, 0.3) is 0 Å². The van der Waals surface area contributed by atoms with Crippen LogP contribution >= 0.6 is 11.8 Å². The first-order valence-corrected chi connectivity index (χ1v) is 5.18. The summed E-state index contributed by atoms with van der Waals surface area (Å²) in [5.74, 6) is 1.08. The van der Waals surface area contributed by atoms with Crippen LogP contribution in [0.5, 0.6) is 0 Å². The van der Waals surface area contributed by atoms with Gasteiger partial charge in [-0.1, -0.05) is 0 Å². The lowest BCUT2D eigenvalue weighted by molar-refractivity contribution is -0.134. The molecule has 0 bridgehead atoms. The quantitative estimate of drug-likeness (QED) is 0.601. The van der Waals surface area contributed by atoms with Crippen LogP contribution in [0.2, 0.25) is 0 Å². The highest BCUT2D eigenvalue weighted by Gasteiger charge is 2.43. The van der Waals surface area contributed by atoms with Crippen LogP contribution in [0.1, 0.15) is 19.8 Å². The minimum Gasteiger partial charge on any atom is -0.320 e. The summed E-state index contributed by atoms with van der Waals surface area (Å²) in [6.07, 6.45) is 1.55. The number of rotatable bonds is 1. The molecule has 12 heavy (non-hydrogen) atoms. The van der Waals surface area contributed by atoms with Gasteiger partial charge in [0.25, 0.3) is 0 Å². The molecule has 1 amide bonds. The van der Waals surface area contributed by atoms with Crippen LogP contribution in [0, 0.1) is 0 Å². The maximum absolute atomic E-state index is 11.3. The Bertz CT molecular complexity index is 241. The second-order valence-corrected chi connectivity index (χ2v) is 4.46. The Morgan fingerprint density at radius 2 is 2.42 bits per heavy atom. The van der Waals surface area contributed by atoms with E-state index in [1.165, 1.54) is 0 Å². The number of ketones is 1. The van der Waals surface area contributed by atoms with Gasteiger partial charge in [-0.25, -0.2) is 0 Å². The van der Waals surface area contributed by atoms with Crippen molar-refractivity contribution in [3.8, 4) is 0 Å². The lowest BCUT2D eigenvalue weighted by Gasteiger charge is -2.20. The number of amides is 1. The Labute approximate surface area is 75.5 Å². The Hall–Kier alpha value is -0.510. The average molecular weight is 185 g/mol. The number of fused-ring (bicyclic) bond motifs is 1. The summed E-state index contributed by atoms with van der Waals surface area (Å²) in [6, 6.07) is -0.130. The SMILES string of the molecule is CC(=O)C1CS[C@H]2CCC(=O)N12. The summed E-state index contributed by atoms with van der Waals surface area (Å²) < 4.78 is 0. The second-order valence-electron chi connectivity index (χ2n) is 3.25. The van der Waals surface area contributed by atoms with Crippen molar-refractivity contribution in [1.29, 1.82) is 0 Å². The summed E-state index contributed by atoms with van der Waals surface area (Å²) in [5.41, 5.74) is 0. The van der Waals surface area contributed by atoms with Crippen molar-refractivity contribution < 1.29 is 9.59 Å². The molecule has 2 aliphatic rings. The van der Waals surface area contributed by atoms with Gasteiger partial charge < -0.3 is 4.90 Å². The van der Waals surface area contributed by atoms with Crippen molar-refractivity contribution in [3.63, 3.8) is 0 Å². The maximum Gasteiger partial charge on any atom is 0.224 e. The highest BCUT2D eigenvalue weighted by Crippen LogP contribution is 2.37. The second kappa shape index (κ2) is 2.76. The molecule has 2 saturated heterocycles. The van der Waals surface area contributed by atoms with Crippen molar-refractivity contribution >= 4 is 23.5 Å². The van der Waals surface area contributed by atoms with E-state index in [0.717, 1.165) is 12.2 Å². The molecule has 0 aliphatic carbocycles. The molecule has 2 fully saturated rings. The Balaban J connectivity index is 2.19. The third-order valence-electron chi connectivity index (χ3n) is 2.45. The Kier molecular flexibility index (Phi) is 1.87. The number of thioether (sulfide) groups is 1. The molecule has 0 aromatic carbocycles. The normalized spacial score (nSPS) is 34.1. The molecule has 0 saturated carbocycles. The van der Waals surface area contributed by atoms with Crippen LogP contribution in [0.15, 0.2) is 0 Å². The summed E-state index contributed by atoms with van der Waals surface area (Å²) in [4.78, 5) is 24.2. The van der Waals surface area contributed by atoms with E-state index >= 15 is 0 Å². The molecule has 66 valence electrons. The van der Waals surface area contributed by atoms with Gasteiger partial charge in [-0.2, -0.15) is 0 Å². The van der Waals surface area contributed by atoms with Crippen molar-refractivity contribution in [3.05, 3.63) is 0 Å². The topological polar surface area (TPSA) is 37.4 Å². The van der Waals surface area contributed by atoms with Crippen LogP contribution in [0.3, 0.4) is 0 Å². The average Bonchev–Trinajstić information content (AvgIpc) is 2.53. The fourth-order valence-electron chi connectivity index (χ4n) is 1.81. The van der Waals surface area contributed by atoms with Crippen LogP contribution in [-0.2, 0) is 9.59 Å².